The quantitative estimate of drug-likeness (QED) is 0.505. The second-order valence-electron chi connectivity index (χ2n) is 7.66. The van der Waals surface area contributed by atoms with Crippen LogP contribution in [0.2, 0.25) is 0 Å². The van der Waals surface area contributed by atoms with Crippen LogP contribution in [0, 0.1) is 0 Å². The lowest BCUT2D eigenvalue weighted by atomic mass is 10.2. The van der Waals surface area contributed by atoms with Crippen molar-refractivity contribution in [3.63, 3.8) is 0 Å². The number of carbonyl (C=O) groups is 2. The fraction of sp³-hybridized carbons (Fsp3) is 0.333. The number of sulfonamides is 1. The summed E-state index contributed by atoms with van der Waals surface area (Å²) in [6, 6.07) is 15.3. The molecule has 0 aliphatic carbocycles. The summed E-state index contributed by atoms with van der Waals surface area (Å²) in [6.07, 6.45) is 5.63. The molecule has 32 heavy (non-hydrogen) atoms. The van der Waals surface area contributed by atoms with Gasteiger partial charge in [-0.3, -0.25) is 4.79 Å². The van der Waals surface area contributed by atoms with Crippen LogP contribution < -0.4 is 5.32 Å². The Kier molecular flexibility index (Phi) is 8.19. The van der Waals surface area contributed by atoms with Gasteiger partial charge in [-0.2, -0.15) is 4.31 Å². The molecule has 1 N–H and O–H groups in total. The summed E-state index contributed by atoms with van der Waals surface area (Å²) < 4.78 is 32.3. The molecule has 0 spiro atoms. The highest BCUT2D eigenvalue weighted by Gasteiger charge is 2.24. The highest BCUT2D eigenvalue weighted by molar-refractivity contribution is 7.89. The number of anilines is 1. The second kappa shape index (κ2) is 11.1. The average Bonchev–Trinajstić information content (AvgIpc) is 3.09. The minimum Gasteiger partial charge on any atom is -0.449 e. The molecule has 0 unspecified atom stereocenters. The fourth-order valence-electron chi connectivity index (χ4n) is 3.38. The lowest BCUT2D eigenvalue weighted by molar-refractivity contribution is -0.148. The molecule has 1 heterocycles. The van der Waals surface area contributed by atoms with Gasteiger partial charge < -0.3 is 10.1 Å². The monoisotopic (exact) mass is 456 g/mol. The number of ether oxygens (including phenoxy) is 1. The predicted octanol–water partition coefficient (Wildman–Crippen LogP) is 3.83. The van der Waals surface area contributed by atoms with Crippen molar-refractivity contribution in [2.24, 2.45) is 0 Å². The Morgan fingerprint density at radius 2 is 1.59 bits per heavy atom. The predicted molar refractivity (Wildman–Crippen MR) is 123 cm³/mol. The summed E-state index contributed by atoms with van der Waals surface area (Å²) >= 11 is 0. The summed E-state index contributed by atoms with van der Waals surface area (Å²) in [5.74, 6) is -1.09. The molecule has 1 saturated heterocycles. The van der Waals surface area contributed by atoms with Gasteiger partial charge in [-0.25, -0.2) is 13.2 Å². The maximum atomic E-state index is 12.8. The molecule has 0 radical (unpaired) electrons. The summed E-state index contributed by atoms with van der Waals surface area (Å²) in [5.41, 5.74) is 1.27. The molecule has 2 aromatic rings. The van der Waals surface area contributed by atoms with Gasteiger partial charge in [0.2, 0.25) is 10.0 Å². The summed E-state index contributed by atoms with van der Waals surface area (Å²) in [5, 5.41) is 2.67. The Balaban J connectivity index is 1.55. The number of benzene rings is 2. The Labute approximate surface area is 189 Å². The first-order valence-corrected chi connectivity index (χ1v) is 12.1. The third-order valence-electron chi connectivity index (χ3n) is 5.20. The zero-order chi connectivity index (χ0) is 23.0. The summed E-state index contributed by atoms with van der Waals surface area (Å²) in [4.78, 5) is 24.4. The van der Waals surface area contributed by atoms with E-state index in [2.05, 4.69) is 5.32 Å². The zero-order valence-electron chi connectivity index (χ0n) is 18.1. The molecule has 0 saturated carbocycles. The number of nitrogens with zero attached hydrogens (tertiary/aromatic N) is 1. The molecule has 1 aliphatic rings. The van der Waals surface area contributed by atoms with Gasteiger partial charge in [0.25, 0.3) is 5.91 Å². The molecule has 2 aromatic carbocycles. The first kappa shape index (κ1) is 23.7. The van der Waals surface area contributed by atoms with Crippen molar-refractivity contribution >= 4 is 33.7 Å². The molecular formula is C24H28N2O5S. The number of para-hydroxylation sites is 1. The van der Waals surface area contributed by atoms with Crippen LogP contribution in [0.25, 0.3) is 6.08 Å². The van der Waals surface area contributed by atoms with E-state index in [4.69, 9.17) is 4.74 Å². The topological polar surface area (TPSA) is 92.8 Å². The maximum absolute atomic E-state index is 12.8. The number of carbonyl (C=O) groups excluding carboxylic acids is 2. The van der Waals surface area contributed by atoms with Crippen LogP contribution in [0.1, 0.15) is 38.2 Å². The van der Waals surface area contributed by atoms with Gasteiger partial charge in [-0.05, 0) is 55.7 Å². The zero-order valence-corrected chi connectivity index (χ0v) is 18.9. The van der Waals surface area contributed by atoms with Crippen LogP contribution in [-0.2, 0) is 24.3 Å². The number of hydrogen-bond acceptors (Lipinski definition) is 5. The maximum Gasteiger partial charge on any atom is 0.331 e. The van der Waals surface area contributed by atoms with E-state index in [-0.39, 0.29) is 4.90 Å². The van der Waals surface area contributed by atoms with E-state index in [9.17, 15) is 18.0 Å². The van der Waals surface area contributed by atoms with Crippen molar-refractivity contribution in [2.75, 3.05) is 18.4 Å². The van der Waals surface area contributed by atoms with Crippen LogP contribution in [0.3, 0.4) is 0 Å². The van der Waals surface area contributed by atoms with E-state index >= 15 is 0 Å². The molecule has 1 atom stereocenters. The molecule has 0 aromatic heterocycles. The van der Waals surface area contributed by atoms with E-state index in [1.807, 2.05) is 6.07 Å². The number of amides is 1. The lowest BCUT2D eigenvalue weighted by Gasteiger charge is -2.19. The van der Waals surface area contributed by atoms with Crippen molar-refractivity contribution in [2.45, 2.75) is 43.6 Å². The normalized spacial score (nSPS) is 16.3. The highest BCUT2D eigenvalue weighted by Crippen LogP contribution is 2.21. The van der Waals surface area contributed by atoms with E-state index in [0.29, 0.717) is 24.3 Å². The van der Waals surface area contributed by atoms with Gasteiger partial charge in [0.1, 0.15) is 0 Å². The minimum absolute atomic E-state index is 0.241. The Bertz CT molecular complexity index is 1040. The molecule has 8 heteroatoms. The standard InChI is InChI=1S/C24H28N2O5S/c1-19(24(28)25-21-9-5-4-6-10-21)31-23(27)16-13-20-11-14-22(15-12-20)32(29,30)26-17-7-2-3-8-18-26/h4-6,9-16,19H,2-3,7-8,17-18H2,1H3,(H,25,28)/b16-13+/t19-/m0/s1. The first-order chi connectivity index (χ1) is 15.4. The van der Waals surface area contributed by atoms with Crippen LogP contribution in [0.5, 0.6) is 0 Å². The van der Waals surface area contributed by atoms with Crippen molar-refractivity contribution in [3.8, 4) is 0 Å². The SMILES string of the molecule is C[C@H](OC(=O)/C=C/c1ccc(S(=O)(=O)N2CCCCCC2)cc1)C(=O)Nc1ccccc1. The van der Waals surface area contributed by atoms with Gasteiger partial charge in [-0.1, -0.05) is 43.2 Å². The Morgan fingerprint density at radius 3 is 2.22 bits per heavy atom. The van der Waals surface area contributed by atoms with E-state index in [1.165, 1.54) is 19.1 Å². The summed E-state index contributed by atoms with van der Waals surface area (Å²) in [7, 11) is -3.51. The van der Waals surface area contributed by atoms with Crippen molar-refractivity contribution < 1.29 is 22.7 Å². The Hall–Kier alpha value is -2.97. The molecular weight excluding hydrogens is 428 g/mol. The fourth-order valence-corrected chi connectivity index (χ4v) is 4.90. The molecule has 0 bridgehead atoms. The van der Waals surface area contributed by atoms with Crippen LogP contribution in [-0.4, -0.2) is 43.8 Å². The van der Waals surface area contributed by atoms with Gasteiger partial charge in [-0.15, -0.1) is 0 Å². The minimum atomic E-state index is -3.51. The average molecular weight is 457 g/mol. The second-order valence-corrected chi connectivity index (χ2v) is 9.59. The Morgan fingerprint density at radius 1 is 0.969 bits per heavy atom. The summed E-state index contributed by atoms with van der Waals surface area (Å²) in [6.45, 7) is 2.59. The smallest absolute Gasteiger partial charge is 0.331 e. The molecule has 1 fully saturated rings. The number of hydrogen-bond donors (Lipinski definition) is 1. The van der Waals surface area contributed by atoms with E-state index in [0.717, 1.165) is 25.7 Å². The molecule has 1 amide bonds. The van der Waals surface area contributed by atoms with Gasteiger partial charge in [0.15, 0.2) is 6.10 Å². The number of nitrogens with one attached hydrogen (secondary N) is 1. The number of rotatable bonds is 7. The van der Waals surface area contributed by atoms with Crippen LogP contribution >= 0.6 is 0 Å². The molecule has 7 nitrogen and oxygen atoms in total. The van der Waals surface area contributed by atoms with Gasteiger partial charge in [0, 0.05) is 24.9 Å². The third-order valence-corrected chi connectivity index (χ3v) is 7.11. The van der Waals surface area contributed by atoms with E-state index < -0.39 is 28.0 Å². The van der Waals surface area contributed by atoms with Crippen LogP contribution in [0.4, 0.5) is 5.69 Å². The third kappa shape index (κ3) is 6.51. The van der Waals surface area contributed by atoms with Gasteiger partial charge >= 0.3 is 5.97 Å². The van der Waals surface area contributed by atoms with Crippen molar-refractivity contribution in [1.82, 2.24) is 4.31 Å². The lowest BCUT2D eigenvalue weighted by Crippen LogP contribution is -2.31. The molecule has 170 valence electrons. The largest absolute Gasteiger partial charge is 0.449 e. The molecule has 3 rings (SSSR count). The van der Waals surface area contributed by atoms with Gasteiger partial charge in [0.05, 0.1) is 4.90 Å². The highest BCUT2D eigenvalue weighted by atomic mass is 32.2. The van der Waals surface area contributed by atoms with Crippen molar-refractivity contribution in [1.29, 1.82) is 0 Å². The van der Waals surface area contributed by atoms with Crippen LogP contribution in [0.15, 0.2) is 65.6 Å². The van der Waals surface area contributed by atoms with Crippen molar-refractivity contribution in [3.05, 3.63) is 66.2 Å². The first-order valence-electron chi connectivity index (χ1n) is 10.7. The van der Waals surface area contributed by atoms with E-state index in [1.54, 1.807) is 52.8 Å². The molecule has 1 aliphatic heterocycles. The number of esters is 1.